The van der Waals surface area contributed by atoms with Crippen molar-refractivity contribution in [3.8, 4) is 0 Å². The summed E-state index contributed by atoms with van der Waals surface area (Å²) in [7, 11) is 0. The Bertz CT molecular complexity index is 263. The lowest BCUT2D eigenvalue weighted by Crippen LogP contribution is -2.48. The van der Waals surface area contributed by atoms with E-state index in [1.165, 1.54) is 19.3 Å². The first-order valence-corrected chi connectivity index (χ1v) is 6.91. The second-order valence-electron chi connectivity index (χ2n) is 5.75. The third-order valence-corrected chi connectivity index (χ3v) is 4.87. The predicted molar refractivity (Wildman–Crippen MR) is 66.4 cm³/mol. The van der Waals surface area contributed by atoms with Gasteiger partial charge in [-0.05, 0) is 31.6 Å². The van der Waals surface area contributed by atoms with Gasteiger partial charge in [0, 0.05) is 31.5 Å². The first-order chi connectivity index (χ1) is 7.63. The van der Waals surface area contributed by atoms with Gasteiger partial charge in [-0.2, -0.15) is 0 Å². The monoisotopic (exact) mass is 223 g/mol. The van der Waals surface area contributed by atoms with Crippen LogP contribution in [0, 0.1) is 11.8 Å². The molecule has 4 atom stereocenters. The maximum absolute atomic E-state index is 11.4. The van der Waals surface area contributed by atoms with Gasteiger partial charge in [-0.3, -0.25) is 9.69 Å². The van der Waals surface area contributed by atoms with Gasteiger partial charge in [0.1, 0.15) is 5.78 Å². The number of hydrogen-bond acceptors (Lipinski definition) is 2. The largest absolute Gasteiger partial charge is 0.300 e. The molecule has 2 aliphatic rings. The molecule has 0 bridgehead atoms. The minimum Gasteiger partial charge on any atom is -0.300 e. The lowest BCUT2D eigenvalue weighted by atomic mass is 9.90. The number of rotatable bonds is 2. The van der Waals surface area contributed by atoms with Crippen LogP contribution in [0.4, 0.5) is 0 Å². The number of carbonyl (C=O) groups is 1. The molecular formula is C14H25NO. The summed E-state index contributed by atoms with van der Waals surface area (Å²) in [5, 5.41) is 0. The quantitative estimate of drug-likeness (QED) is 0.717. The van der Waals surface area contributed by atoms with E-state index in [2.05, 4.69) is 25.7 Å². The molecule has 1 aliphatic heterocycles. The van der Waals surface area contributed by atoms with E-state index in [1.807, 2.05) is 0 Å². The van der Waals surface area contributed by atoms with E-state index < -0.39 is 0 Å². The predicted octanol–water partition coefficient (Wildman–Crippen LogP) is 2.86. The molecule has 0 radical (unpaired) electrons. The van der Waals surface area contributed by atoms with Crippen molar-refractivity contribution in [2.24, 2.45) is 11.8 Å². The van der Waals surface area contributed by atoms with Gasteiger partial charge >= 0.3 is 0 Å². The third-order valence-electron chi connectivity index (χ3n) is 4.87. The van der Waals surface area contributed by atoms with E-state index in [0.717, 1.165) is 37.3 Å². The van der Waals surface area contributed by atoms with Crippen molar-refractivity contribution in [3.05, 3.63) is 0 Å². The Hall–Kier alpha value is -0.370. The van der Waals surface area contributed by atoms with Crippen molar-refractivity contribution in [2.45, 2.75) is 65.0 Å². The molecule has 16 heavy (non-hydrogen) atoms. The van der Waals surface area contributed by atoms with Gasteiger partial charge < -0.3 is 0 Å². The van der Waals surface area contributed by atoms with Crippen molar-refractivity contribution >= 4 is 5.78 Å². The van der Waals surface area contributed by atoms with E-state index in [0.29, 0.717) is 11.8 Å². The van der Waals surface area contributed by atoms with Gasteiger partial charge in [-0.1, -0.05) is 20.3 Å². The average molecular weight is 223 g/mol. The molecule has 2 rings (SSSR count). The molecule has 2 nitrogen and oxygen atoms in total. The van der Waals surface area contributed by atoms with Crippen molar-refractivity contribution in [3.63, 3.8) is 0 Å². The second kappa shape index (κ2) is 4.87. The van der Waals surface area contributed by atoms with Crippen LogP contribution in [-0.2, 0) is 4.79 Å². The Labute approximate surface area is 99.4 Å². The molecule has 0 amide bonds. The standard InChI is InChI=1S/C14H25NO/c1-4-12-5-6-14(11(12)3)15-8-7-13(16)9-10(15)2/h10-12,14H,4-9H2,1-3H3. The van der Waals surface area contributed by atoms with Crippen LogP contribution in [0.3, 0.4) is 0 Å². The zero-order valence-electron chi connectivity index (χ0n) is 10.9. The minimum absolute atomic E-state index is 0.460. The van der Waals surface area contributed by atoms with Gasteiger partial charge in [0.05, 0.1) is 0 Å². The molecule has 2 fully saturated rings. The smallest absolute Gasteiger partial charge is 0.135 e. The van der Waals surface area contributed by atoms with Crippen LogP contribution < -0.4 is 0 Å². The highest BCUT2D eigenvalue weighted by Crippen LogP contribution is 2.38. The van der Waals surface area contributed by atoms with Crippen molar-refractivity contribution in [1.82, 2.24) is 4.90 Å². The summed E-state index contributed by atoms with van der Waals surface area (Å²) in [6, 6.07) is 1.22. The summed E-state index contributed by atoms with van der Waals surface area (Å²) in [4.78, 5) is 14.0. The SMILES string of the molecule is CCC1CCC(N2CCC(=O)CC2C)C1C. The highest BCUT2D eigenvalue weighted by atomic mass is 16.1. The van der Waals surface area contributed by atoms with E-state index in [9.17, 15) is 4.79 Å². The van der Waals surface area contributed by atoms with Gasteiger partial charge in [-0.25, -0.2) is 0 Å². The number of piperidine rings is 1. The summed E-state index contributed by atoms with van der Waals surface area (Å²) in [5.41, 5.74) is 0. The fourth-order valence-electron chi connectivity index (χ4n) is 3.78. The summed E-state index contributed by atoms with van der Waals surface area (Å²) in [6.07, 6.45) is 5.61. The zero-order valence-corrected chi connectivity index (χ0v) is 10.9. The Morgan fingerprint density at radius 1 is 1.31 bits per heavy atom. The van der Waals surface area contributed by atoms with Crippen LogP contribution in [0.1, 0.15) is 52.9 Å². The third kappa shape index (κ3) is 2.17. The molecule has 0 spiro atoms. The molecule has 4 unspecified atom stereocenters. The van der Waals surface area contributed by atoms with Crippen LogP contribution in [0.2, 0.25) is 0 Å². The molecule has 1 aliphatic carbocycles. The topological polar surface area (TPSA) is 20.3 Å². The van der Waals surface area contributed by atoms with Crippen LogP contribution in [-0.4, -0.2) is 29.3 Å². The molecule has 1 saturated heterocycles. The fourth-order valence-corrected chi connectivity index (χ4v) is 3.78. The van der Waals surface area contributed by atoms with Crippen LogP contribution in [0.5, 0.6) is 0 Å². The first-order valence-electron chi connectivity index (χ1n) is 6.91. The second-order valence-corrected chi connectivity index (χ2v) is 5.75. The molecule has 92 valence electrons. The molecular weight excluding hydrogens is 198 g/mol. The molecule has 0 aromatic rings. The summed E-state index contributed by atoms with van der Waals surface area (Å²) in [5.74, 6) is 2.19. The highest BCUT2D eigenvalue weighted by molar-refractivity contribution is 5.79. The van der Waals surface area contributed by atoms with E-state index in [1.54, 1.807) is 0 Å². The maximum atomic E-state index is 11.4. The minimum atomic E-state index is 0.460. The Morgan fingerprint density at radius 3 is 2.62 bits per heavy atom. The number of nitrogens with zero attached hydrogens (tertiary/aromatic N) is 1. The van der Waals surface area contributed by atoms with Crippen molar-refractivity contribution in [2.75, 3.05) is 6.54 Å². The van der Waals surface area contributed by atoms with E-state index >= 15 is 0 Å². The number of carbonyl (C=O) groups excluding carboxylic acids is 1. The van der Waals surface area contributed by atoms with Crippen LogP contribution in [0.25, 0.3) is 0 Å². The van der Waals surface area contributed by atoms with Crippen molar-refractivity contribution < 1.29 is 4.79 Å². The normalized spacial score (nSPS) is 41.6. The maximum Gasteiger partial charge on any atom is 0.135 e. The Morgan fingerprint density at radius 2 is 2.06 bits per heavy atom. The number of hydrogen-bond donors (Lipinski definition) is 0. The molecule has 1 saturated carbocycles. The molecule has 2 heteroatoms. The van der Waals surface area contributed by atoms with Crippen LogP contribution >= 0.6 is 0 Å². The van der Waals surface area contributed by atoms with Crippen molar-refractivity contribution in [1.29, 1.82) is 0 Å². The highest BCUT2D eigenvalue weighted by Gasteiger charge is 2.38. The van der Waals surface area contributed by atoms with Gasteiger partial charge in [0.15, 0.2) is 0 Å². The summed E-state index contributed by atoms with van der Waals surface area (Å²) in [6.45, 7) is 7.95. The first kappa shape index (κ1) is 12.1. The summed E-state index contributed by atoms with van der Waals surface area (Å²) < 4.78 is 0. The molecule has 0 N–H and O–H groups in total. The molecule has 0 aromatic heterocycles. The number of ketones is 1. The summed E-state index contributed by atoms with van der Waals surface area (Å²) >= 11 is 0. The Kier molecular flexibility index (Phi) is 3.68. The van der Waals surface area contributed by atoms with E-state index in [4.69, 9.17) is 0 Å². The fraction of sp³-hybridized carbons (Fsp3) is 0.929. The lowest BCUT2D eigenvalue weighted by molar-refractivity contribution is -0.123. The zero-order chi connectivity index (χ0) is 11.7. The number of likely N-dealkylation sites (tertiary alicyclic amines) is 1. The molecule has 0 aromatic carbocycles. The van der Waals surface area contributed by atoms with Gasteiger partial charge in [-0.15, -0.1) is 0 Å². The Balaban J connectivity index is 2.00. The lowest BCUT2D eigenvalue weighted by Gasteiger charge is -2.40. The van der Waals surface area contributed by atoms with Gasteiger partial charge in [0.25, 0.3) is 0 Å². The molecule has 1 heterocycles. The van der Waals surface area contributed by atoms with E-state index in [-0.39, 0.29) is 0 Å². The van der Waals surface area contributed by atoms with Gasteiger partial charge in [0.2, 0.25) is 0 Å². The number of Topliss-reactive ketones (excluding diaryl/α,β-unsaturated/α-hetero) is 1. The van der Waals surface area contributed by atoms with Crippen LogP contribution in [0.15, 0.2) is 0 Å². The average Bonchev–Trinajstić information content (AvgIpc) is 2.60.